The van der Waals surface area contributed by atoms with Gasteiger partial charge in [0.15, 0.2) is 16.8 Å². The summed E-state index contributed by atoms with van der Waals surface area (Å²) in [6.45, 7) is 12.8. The number of thioether (sulfide) groups is 1. The monoisotopic (exact) mass is 394 g/mol. The van der Waals surface area contributed by atoms with E-state index in [0.717, 1.165) is 33.5 Å². The van der Waals surface area contributed by atoms with Crippen LogP contribution in [0.2, 0.25) is 0 Å². The molecule has 0 aliphatic carbocycles. The first-order valence-corrected chi connectivity index (χ1v) is 10.4. The van der Waals surface area contributed by atoms with Crippen LogP contribution in [0.1, 0.15) is 41.6 Å². The number of rotatable bonds is 8. The molecule has 1 aromatic carbocycles. The number of carbonyl (C=O) groups is 1. The zero-order chi connectivity index (χ0) is 20.3. The topological polar surface area (TPSA) is 52.7 Å². The summed E-state index contributed by atoms with van der Waals surface area (Å²) in [7, 11) is 0. The predicted molar refractivity (Wildman–Crippen MR) is 115 cm³/mol. The molecule has 0 spiro atoms. The second kappa shape index (κ2) is 8.61. The van der Waals surface area contributed by atoms with E-state index in [1.165, 1.54) is 11.8 Å². The number of nitrogens with zero attached hydrogens (tertiary/aromatic N) is 4. The van der Waals surface area contributed by atoms with E-state index in [2.05, 4.69) is 35.2 Å². The van der Waals surface area contributed by atoms with Crippen LogP contribution in [0.3, 0.4) is 0 Å². The summed E-state index contributed by atoms with van der Waals surface area (Å²) < 4.78 is 4.20. The Morgan fingerprint density at radius 2 is 1.93 bits per heavy atom. The fourth-order valence-corrected chi connectivity index (χ4v) is 4.38. The summed E-state index contributed by atoms with van der Waals surface area (Å²) >= 11 is 1.42. The first kappa shape index (κ1) is 20.1. The highest BCUT2D eigenvalue weighted by Crippen LogP contribution is 2.26. The molecule has 0 atom stereocenters. The van der Waals surface area contributed by atoms with Crippen molar-refractivity contribution in [3.05, 3.63) is 66.0 Å². The van der Waals surface area contributed by atoms with Crippen LogP contribution in [-0.2, 0) is 6.54 Å². The van der Waals surface area contributed by atoms with Crippen LogP contribution >= 0.6 is 11.8 Å². The fourth-order valence-electron chi connectivity index (χ4n) is 3.55. The quantitative estimate of drug-likeness (QED) is 0.303. The molecule has 28 heavy (non-hydrogen) atoms. The molecule has 146 valence electrons. The van der Waals surface area contributed by atoms with Gasteiger partial charge in [0.05, 0.1) is 5.75 Å². The Balaban J connectivity index is 1.82. The lowest BCUT2D eigenvalue weighted by molar-refractivity contribution is 0.102. The molecule has 0 amide bonds. The number of ketones is 1. The van der Waals surface area contributed by atoms with Crippen molar-refractivity contribution in [2.24, 2.45) is 0 Å². The summed E-state index contributed by atoms with van der Waals surface area (Å²) in [5, 5.41) is 9.39. The van der Waals surface area contributed by atoms with E-state index in [4.69, 9.17) is 0 Å². The zero-order valence-electron chi connectivity index (χ0n) is 16.8. The molecule has 3 aromatic rings. The van der Waals surface area contributed by atoms with Crippen molar-refractivity contribution in [3.63, 3.8) is 0 Å². The predicted octanol–water partition coefficient (Wildman–Crippen LogP) is 5.11. The third-order valence-electron chi connectivity index (χ3n) is 4.69. The zero-order valence-corrected chi connectivity index (χ0v) is 17.7. The third kappa shape index (κ3) is 3.97. The second-order valence-corrected chi connectivity index (χ2v) is 7.97. The lowest BCUT2D eigenvalue weighted by Gasteiger charge is -2.13. The number of aromatic nitrogens is 4. The maximum absolute atomic E-state index is 12.9. The number of hydrogen-bond acceptors (Lipinski definition) is 4. The van der Waals surface area contributed by atoms with E-state index in [9.17, 15) is 4.79 Å². The summed E-state index contributed by atoms with van der Waals surface area (Å²) in [6.07, 6.45) is 1.82. The number of hydrogen-bond donors (Lipinski definition) is 0. The van der Waals surface area contributed by atoms with Crippen molar-refractivity contribution in [3.8, 4) is 11.4 Å². The molecule has 0 radical (unpaired) electrons. The van der Waals surface area contributed by atoms with Gasteiger partial charge in [0.25, 0.3) is 0 Å². The lowest BCUT2D eigenvalue weighted by atomic mass is 10.2. The molecule has 2 aromatic heterocycles. The number of benzene rings is 1. The van der Waals surface area contributed by atoms with Crippen LogP contribution in [0.5, 0.6) is 0 Å². The third-order valence-corrected chi connectivity index (χ3v) is 5.66. The number of aryl methyl sites for hydroxylation is 1. The Morgan fingerprint density at radius 1 is 1.21 bits per heavy atom. The molecular weight excluding hydrogens is 368 g/mol. The van der Waals surface area contributed by atoms with E-state index in [1.807, 2.05) is 60.9 Å². The van der Waals surface area contributed by atoms with Crippen molar-refractivity contribution < 1.29 is 4.79 Å². The average Bonchev–Trinajstić information content (AvgIpc) is 3.21. The Morgan fingerprint density at radius 3 is 2.54 bits per heavy atom. The van der Waals surface area contributed by atoms with E-state index in [-0.39, 0.29) is 5.78 Å². The Hall–Kier alpha value is -2.60. The van der Waals surface area contributed by atoms with Crippen LogP contribution in [0.4, 0.5) is 0 Å². The van der Waals surface area contributed by atoms with Gasteiger partial charge in [0, 0.05) is 35.1 Å². The molecule has 0 saturated carbocycles. The van der Waals surface area contributed by atoms with Crippen molar-refractivity contribution in [1.82, 2.24) is 19.3 Å². The maximum atomic E-state index is 12.9. The Labute approximate surface area is 170 Å². The molecule has 0 N–H and O–H groups in total. The molecule has 2 heterocycles. The van der Waals surface area contributed by atoms with Crippen LogP contribution in [-0.4, -0.2) is 30.9 Å². The van der Waals surface area contributed by atoms with Crippen LogP contribution in [0.15, 0.2) is 54.2 Å². The highest BCUT2D eigenvalue weighted by atomic mass is 32.2. The summed E-state index contributed by atoms with van der Waals surface area (Å²) in [5.41, 5.74) is 3.92. The summed E-state index contributed by atoms with van der Waals surface area (Å²) in [4.78, 5) is 12.9. The highest BCUT2D eigenvalue weighted by molar-refractivity contribution is 7.99. The lowest BCUT2D eigenvalue weighted by Crippen LogP contribution is -2.09. The Bertz CT molecular complexity index is 986. The van der Waals surface area contributed by atoms with Crippen LogP contribution < -0.4 is 0 Å². The minimum Gasteiger partial charge on any atom is -0.346 e. The van der Waals surface area contributed by atoms with Gasteiger partial charge in [-0.3, -0.25) is 9.36 Å². The number of Topliss-reactive ketones (excluding diaryl/α,β-unsaturated/α-hetero) is 1. The summed E-state index contributed by atoms with van der Waals surface area (Å²) in [6, 6.07) is 12.3. The Kier molecular flexibility index (Phi) is 6.19. The van der Waals surface area contributed by atoms with Gasteiger partial charge in [0.1, 0.15) is 0 Å². The van der Waals surface area contributed by atoms with Gasteiger partial charge in [-0.2, -0.15) is 0 Å². The van der Waals surface area contributed by atoms with Crippen molar-refractivity contribution >= 4 is 17.5 Å². The average molecular weight is 395 g/mol. The highest BCUT2D eigenvalue weighted by Gasteiger charge is 2.19. The van der Waals surface area contributed by atoms with Gasteiger partial charge in [-0.05, 0) is 33.8 Å². The van der Waals surface area contributed by atoms with Gasteiger partial charge in [-0.15, -0.1) is 16.8 Å². The first-order valence-electron chi connectivity index (χ1n) is 9.38. The molecule has 0 fully saturated rings. The minimum absolute atomic E-state index is 0.111. The molecule has 0 saturated heterocycles. The van der Waals surface area contributed by atoms with Crippen molar-refractivity contribution in [1.29, 1.82) is 0 Å². The van der Waals surface area contributed by atoms with Gasteiger partial charge < -0.3 is 4.57 Å². The largest absolute Gasteiger partial charge is 0.346 e. The molecular formula is C22H26N4OS. The minimum atomic E-state index is 0.111. The van der Waals surface area contributed by atoms with Crippen LogP contribution in [0.25, 0.3) is 11.4 Å². The fraction of sp³-hybridized carbons (Fsp3) is 0.318. The smallest absolute Gasteiger partial charge is 0.192 e. The number of carbonyl (C=O) groups excluding carboxylic acids is 1. The normalized spacial score (nSPS) is 11.2. The summed E-state index contributed by atoms with van der Waals surface area (Å²) in [5.74, 6) is 1.22. The van der Waals surface area contributed by atoms with Gasteiger partial charge >= 0.3 is 0 Å². The molecule has 3 rings (SSSR count). The molecule has 6 heteroatoms. The molecule has 0 aliphatic rings. The maximum Gasteiger partial charge on any atom is 0.192 e. The van der Waals surface area contributed by atoms with E-state index >= 15 is 0 Å². The molecule has 0 unspecified atom stereocenters. The van der Waals surface area contributed by atoms with E-state index < -0.39 is 0 Å². The molecule has 0 bridgehead atoms. The number of allylic oxidation sites excluding steroid dienone is 1. The second-order valence-electron chi connectivity index (χ2n) is 7.03. The van der Waals surface area contributed by atoms with Crippen LogP contribution in [0, 0.1) is 13.8 Å². The van der Waals surface area contributed by atoms with Crippen molar-refractivity contribution in [2.45, 2.75) is 45.4 Å². The first-order chi connectivity index (χ1) is 13.4. The van der Waals surface area contributed by atoms with Gasteiger partial charge in [-0.25, -0.2) is 0 Å². The standard InChI is InChI=1S/C22H26N4OS/c1-6-12-25-21(18-10-8-7-9-11-18)23-24-22(25)28-14-20(27)19-13-16(4)26(15(2)3)17(19)5/h6-11,13,15H,1,12,14H2,2-5H3. The van der Waals surface area contributed by atoms with Gasteiger partial charge in [0.2, 0.25) is 0 Å². The molecule has 5 nitrogen and oxygen atoms in total. The van der Waals surface area contributed by atoms with Gasteiger partial charge in [-0.1, -0.05) is 48.2 Å². The van der Waals surface area contributed by atoms with E-state index in [1.54, 1.807) is 0 Å². The van der Waals surface area contributed by atoms with Crippen molar-refractivity contribution in [2.75, 3.05) is 5.75 Å². The SMILES string of the molecule is C=CCn1c(SCC(=O)c2cc(C)n(C(C)C)c2C)nnc1-c1ccccc1. The van der Waals surface area contributed by atoms with E-state index in [0.29, 0.717) is 18.3 Å². The molecule has 0 aliphatic heterocycles.